The number of hydrogen-bond donors (Lipinski definition) is 2. The van der Waals surface area contributed by atoms with E-state index in [-0.39, 0.29) is 15.8 Å². The lowest BCUT2D eigenvalue weighted by atomic mass is 10.3. The number of nitrogens with one attached hydrogen (secondary N) is 1. The Morgan fingerprint density at radius 3 is 2.88 bits per heavy atom. The van der Waals surface area contributed by atoms with Crippen molar-refractivity contribution in [1.82, 2.24) is 4.72 Å². The second-order valence-electron chi connectivity index (χ2n) is 3.60. The van der Waals surface area contributed by atoms with Gasteiger partial charge in [-0.25, -0.2) is 17.9 Å². The van der Waals surface area contributed by atoms with Crippen LogP contribution in [0.5, 0.6) is 0 Å². The fourth-order valence-electron chi connectivity index (χ4n) is 1.58. The molecular formula is C9H11NO4S3. The second-order valence-corrected chi connectivity index (χ2v) is 7.35. The molecule has 0 saturated carbocycles. The van der Waals surface area contributed by atoms with Crippen molar-refractivity contribution in [2.24, 2.45) is 0 Å². The molecule has 2 N–H and O–H groups in total. The maximum atomic E-state index is 12.0. The van der Waals surface area contributed by atoms with Crippen LogP contribution < -0.4 is 4.72 Å². The second kappa shape index (κ2) is 4.97. The summed E-state index contributed by atoms with van der Waals surface area (Å²) in [5.41, 5.74) is 0. The highest BCUT2D eigenvalue weighted by Gasteiger charge is 2.27. The Balaban J connectivity index is 2.24. The van der Waals surface area contributed by atoms with E-state index in [0.29, 0.717) is 0 Å². The van der Waals surface area contributed by atoms with Crippen LogP contribution >= 0.6 is 23.1 Å². The maximum absolute atomic E-state index is 12.0. The molecule has 1 aromatic rings. The fraction of sp³-hybridized carbons (Fsp3) is 0.444. The first-order chi connectivity index (χ1) is 8.00. The number of carboxylic acid groups (broad SMARTS) is 1. The molecule has 1 saturated heterocycles. The minimum absolute atomic E-state index is 0.0912. The Bertz CT molecular complexity index is 516. The molecule has 1 aromatic heterocycles. The minimum Gasteiger partial charge on any atom is -0.477 e. The monoisotopic (exact) mass is 293 g/mol. The van der Waals surface area contributed by atoms with E-state index < -0.39 is 16.0 Å². The molecule has 1 aliphatic rings. The topological polar surface area (TPSA) is 83.5 Å². The summed E-state index contributed by atoms with van der Waals surface area (Å²) in [6.07, 6.45) is 0.788. The number of thioether (sulfide) groups is 1. The van der Waals surface area contributed by atoms with Crippen LogP contribution in [0.3, 0.4) is 0 Å². The summed E-state index contributed by atoms with van der Waals surface area (Å²) >= 11 is 2.61. The zero-order valence-electron chi connectivity index (χ0n) is 8.75. The van der Waals surface area contributed by atoms with Crippen LogP contribution in [-0.4, -0.2) is 37.0 Å². The summed E-state index contributed by atoms with van der Waals surface area (Å²) in [7, 11) is -3.71. The normalized spacial score (nSPS) is 20.6. The van der Waals surface area contributed by atoms with Crippen molar-refractivity contribution in [2.75, 3.05) is 11.5 Å². The van der Waals surface area contributed by atoms with Crippen LogP contribution in [0, 0.1) is 0 Å². The molecule has 1 fully saturated rings. The molecule has 8 heteroatoms. The number of aromatic carboxylic acids is 1. The van der Waals surface area contributed by atoms with Crippen molar-refractivity contribution in [2.45, 2.75) is 17.4 Å². The zero-order valence-corrected chi connectivity index (χ0v) is 11.2. The smallest absolute Gasteiger partial charge is 0.347 e. The molecule has 5 nitrogen and oxygen atoms in total. The average Bonchev–Trinajstić information content (AvgIpc) is 2.84. The summed E-state index contributed by atoms with van der Waals surface area (Å²) in [6.45, 7) is 0. The molecule has 0 amide bonds. The summed E-state index contributed by atoms with van der Waals surface area (Å²) < 4.78 is 26.5. The Morgan fingerprint density at radius 1 is 1.53 bits per heavy atom. The van der Waals surface area contributed by atoms with Crippen LogP contribution in [-0.2, 0) is 10.0 Å². The summed E-state index contributed by atoms with van der Waals surface area (Å²) in [4.78, 5) is 10.6. The quantitative estimate of drug-likeness (QED) is 0.872. The van der Waals surface area contributed by atoms with E-state index >= 15 is 0 Å². The highest BCUT2D eigenvalue weighted by atomic mass is 32.2. The van der Waals surface area contributed by atoms with E-state index in [1.807, 2.05) is 0 Å². The molecule has 17 heavy (non-hydrogen) atoms. The van der Waals surface area contributed by atoms with Gasteiger partial charge in [-0.15, -0.1) is 11.3 Å². The predicted molar refractivity (Wildman–Crippen MR) is 67.3 cm³/mol. The van der Waals surface area contributed by atoms with E-state index in [9.17, 15) is 13.2 Å². The highest BCUT2D eigenvalue weighted by Crippen LogP contribution is 2.24. The van der Waals surface area contributed by atoms with Crippen LogP contribution in [0.1, 0.15) is 16.1 Å². The van der Waals surface area contributed by atoms with Gasteiger partial charge in [-0.3, -0.25) is 0 Å². The molecule has 0 bridgehead atoms. The van der Waals surface area contributed by atoms with Crippen LogP contribution in [0.25, 0.3) is 0 Å². The van der Waals surface area contributed by atoms with E-state index in [1.54, 1.807) is 11.8 Å². The third-order valence-corrected chi connectivity index (χ3v) is 6.12. The van der Waals surface area contributed by atoms with Gasteiger partial charge in [-0.05, 0) is 23.6 Å². The fourth-order valence-corrected chi connectivity index (χ4v) is 5.36. The average molecular weight is 293 g/mol. The number of hydrogen-bond acceptors (Lipinski definition) is 5. The molecule has 0 aliphatic carbocycles. The third kappa shape index (κ3) is 2.82. The first kappa shape index (κ1) is 12.9. The lowest BCUT2D eigenvalue weighted by molar-refractivity contribution is 0.0698. The molecule has 1 atom stereocenters. The van der Waals surface area contributed by atoms with Gasteiger partial charge in [0, 0.05) is 11.8 Å². The maximum Gasteiger partial charge on any atom is 0.347 e. The molecule has 94 valence electrons. The van der Waals surface area contributed by atoms with Crippen molar-refractivity contribution < 1.29 is 18.3 Å². The molecule has 2 heterocycles. The summed E-state index contributed by atoms with van der Waals surface area (Å²) in [5.74, 6) is 0.468. The molecule has 1 unspecified atom stereocenters. The van der Waals surface area contributed by atoms with Gasteiger partial charge in [0.15, 0.2) is 0 Å². The SMILES string of the molecule is O=C(O)c1sccc1S(=O)(=O)NC1CCSC1. The van der Waals surface area contributed by atoms with Gasteiger partial charge >= 0.3 is 5.97 Å². The standard InChI is InChI=1S/C9H11NO4S3/c11-9(12)8-7(2-4-16-8)17(13,14)10-6-1-3-15-5-6/h2,4,6,10H,1,3,5H2,(H,11,12). The number of carboxylic acids is 1. The first-order valence-corrected chi connectivity index (χ1v) is 8.43. The van der Waals surface area contributed by atoms with E-state index in [0.717, 1.165) is 29.3 Å². The van der Waals surface area contributed by atoms with E-state index in [2.05, 4.69) is 4.72 Å². The lowest BCUT2D eigenvalue weighted by Gasteiger charge is -2.11. The van der Waals surface area contributed by atoms with Gasteiger partial charge < -0.3 is 5.11 Å². The van der Waals surface area contributed by atoms with E-state index in [1.165, 1.54) is 11.4 Å². The highest BCUT2D eigenvalue weighted by molar-refractivity contribution is 7.99. The van der Waals surface area contributed by atoms with Crippen LogP contribution in [0.15, 0.2) is 16.3 Å². The van der Waals surface area contributed by atoms with Crippen molar-refractivity contribution in [1.29, 1.82) is 0 Å². The molecule has 0 spiro atoms. The number of sulfonamides is 1. The van der Waals surface area contributed by atoms with Crippen LogP contribution in [0.2, 0.25) is 0 Å². The van der Waals surface area contributed by atoms with E-state index in [4.69, 9.17) is 5.11 Å². The third-order valence-electron chi connectivity index (χ3n) is 2.36. The van der Waals surface area contributed by atoms with Crippen molar-refractivity contribution in [3.05, 3.63) is 16.3 Å². The minimum atomic E-state index is -3.71. The Morgan fingerprint density at radius 2 is 2.29 bits per heavy atom. The van der Waals surface area contributed by atoms with Gasteiger partial charge in [0.2, 0.25) is 10.0 Å². The Kier molecular flexibility index (Phi) is 3.76. The molecule has 1 aliphatic heterocycles. The lowest BCUT2D eigenvalue weighted by Crippen LogP contribution is -2.35. The van der Waals surface area contributed by atoms with Crippen molar-refractivity contribution in [3.63, 3.8) is 0 Å². The number of carbonyl (C=O) groups is 1. The van der Waals surface area contributed by atoms with Gasteiger partial charge in [0.1, 0.15) is 9.77 Å². The Labute approximate surface area is 107 Å². The predicted octanol–water partition coefficient (Wildman–Crippen LogP) is 1.23. The Hall–Kier alpha value is -0.570. The molecule has 0 aromatic carbocycles. The van der Waals surface area contributed by atoms with Gasteiger partial charge in [0.25, 0.3) is 0 Å². The largest absolute Gasteiger partial charge is 0.477 e. The van der Waals surface area contributed by atoms with Gasteiger partial charge in [-0.1, -0.05) is 0 Å². The summed E-state index contributed by atoms with van der Waals surface area (Å²) in [6, 6.07) is 1.24. The molecule has 2 rings (SSSR count). The van der Waals surface area contributed by atoms with Crippen LogP contribution in [0.4, 0.5) is 0 Å². The zero-order chi connectivity index (χ0) is 12.5. The van der Waals surface area contributed by atoms with Gasteiger partial charge in [-0.2, -0.15) is 11.8 Å². The van der Waals surface area contributed by atoms with Crippen molar-refractivity contribution >= 4 is 39.1 Å². The summed E-state index contributed by atoms with van der Waals surface area (Å²) in [5, 5.41) is 10.4. The number of thiophene rings is 1. The number of rotatable bonds is 4. The first-order valence-electron chi connectivity index (χ1n) is 4.91. The van der Waals surface area contributed by atoms with Gasteiger partial charge in [0.05, 0.1) is 0 Å². The van der Waals surface area contributed by atoms with Crippen molar-refractivity contribution in [3.8, 4) is 0 Å². The molecule has 0 radical (unpaired) electrons. The molecular weight excluding hydrogens is 282 g/mol.